The first-order valence-corrected chi connectivity index (χ1v) is 4.02. The Kier molecular flexibility index (Phi) is 3.88. The SMILES string of the molecule is OCCOC1(F)OC(F)(F)OC1OC(F)(F)F. The van der Waals surface area contributed by atoms with Crippen molar-refractivity contribution in [2.24, 2.45) is 0 Å². The molecule has 1 aliphatic rings. The fourth-order valence-corrected chi connectivity index (χ4v) is 0.927. The number of hydrogen-bond donors (Lipinski definition) is 1. The molecule has 1 rings (SSSR count). The van der Waals surface area contributed by atoms with Gasteiger partial charge in [0.15, 0.2) is 0 Å². The Morgan fingerprint density at radius 2 is 1.82 bits per heavy atom. The minimum absolute atomic E-state index is 0.834. The molecular weight excluding hydrogens is 266 g/mol. The molecule has 0 saturated carbocycles. The molecule has 102 valence electrons. The Bertz CT molecular complexity index is 270. The number of ether oxygens (including phenoxy) is 4. The summed E-state index contributed by atoms with van der Waals surface area (Å²) in [5, 5.41) is 8.25. The maximum absolute atomic E-state index is 13.4. The Morgan fingerprint density at radius 1 is 1.24 bits per heavy atom. The molecule has 17 heavy (non-hydrogen) atoms. The minimum atomic E-state index is -5.44. The Morgan fingerprint density at radius 3 is 2.29 bits per heavy atom. The monoisotopic (exact) mass is 272 g/mol. The summed E-state index contributed by atoms with van der Waals surface area (Å²) in [5.41, 5.74) is 0. The zero-order valence-electron chi connectivity index (χ0n) is 7.84. The van der Waals surface area contributed by atoms with Crippen LogP contribution in [0.3, 0.4) is 0 Å². The summed E-state index contributed by atoms with van der Waals surface area (Å²) in [4.78, 5) is 0. The topological polar surface area (TPSA) is 57.2 Å². The molecule has 0 aromatic heterocycles. The van der Waals surface area contributed by atoms with Gasteiger partial charge in [0, 0.05) is 0 Å². The third-order valence-corrected chi connectivity index (χ3v) is 1.41. The lowest BCUT2D eigenvalue weighted by Gasteiger charge is -2.23. The summed E-state index contributed by atoms with van der Waals surface area (Å²) < 4.78 is 86.8. The fourth-order valence-electron chi connectivity index (χ4n) is 0.927. The van der Waals surface area contributed by atoms with Crippen molar-refractivity contribution in [3.63, 3.8) is 0 Å². The van der Waals surface area contributed by atoms with Crippen LogP contribution in [0.5, 0.6) is 0 Å². The van der Waals surface area contributed by atoms with Crippen molar-refractivity contribution in [3.05, 3.63) is 0 Å². The third kappa shape index (κ3) is 3.96. The van der Waals surface area contributed by atoms with Crippen molar-refractivity contribution in [2.45, 2.75) is 25.0 Å². The Hall–Kier alpha value is -0.620. The lowest BCUT2D eigenvalue weighted by Crippen LogP contribution is -2.43. The van der Waals surface area contributed by atoms with Gasteiger partial charge in [0.2, 0.25) is 0 Å². The quantitative estimate of drug-likeness (QED) is 0.776. The highest BCUT2D eigenvalue weighted by Gasteiger charge is 2.65. The molecule has 1 N–H and O–H groups in total. The van der Waals surface area contributed by atoms with Gasteiger partial charge in [0.1, 0.15) is 0 Å². The molecule has 0 spiro atoms. The summed E-state index contributed by atoms with van der Waals surface area (Å²) in [6.45, 7) is -1.73. The summed E-state index contributed by atoms with van der Waals surface area (Å²) in [6.07, 6.45) is -13.2. The number of halogens is 6. The molecule has 1 fully saturated rings. The number of alkyl halides is 6. The third-order valence-electron chi connectivity index (χ3n) is 1.41. The van der Waals surface area contributed by atoms with Crippen LogP contribution in [-0.2, 0) is 18.9 Å². The minimum Gasteiger partial charge on any atom is -0.394 e. The lowest BCUT2D eigenvalue weighted by molar-refractivity contribution is -0.426. The van der Waals surface area contributed by atoms with Crippen LogP contribution >= 0.6 is 0 Å². The molecular formula is C6H6F6O5. The summed E-state index contributed by atoms with van der Waals surface area (Å²) in [5.74, 6) is 0. The van der Waals surface area contributed by atoms with Crippen molar-refractivity contribution >= 4 is 0 Å². The fraction of sp³-hybridized carbons (Fsp3) is 1.00. The summed E-state index contributed by atoms with van der Waals surface area (Å²) >= 11 is 0. The van der Waals surface area contributed by atoms with E-state index in [2.05, 4.69) is 18.9 Å². The van der Waals surface area contributed by atoms with Gasteiger partial charge < -0.3 is 9.84 Å². The molecule has 0 aromatic carbocycles. The average molecular weight is 272 g/mol. The lowest BCUT2D eigenvalue weighted by atomic mass is 10.5. The van der Waals surface area contributed by atoms with E-state index in [1.54, 1.807) is 0 Å². The molecule has 1 heterocycles. The molecule has 0 bridgehead atoms. The maximum atomic E-state index is 13.4. The first-order valence-electron chi connectivity index (χ1n) is 4.02. The van der Waals surface area contributed by atoms with E-state index in [9.17, 15) is 26.3 Å². The van der Waals surface area contributed by atoms with Gasteiger partial charge in [-0.3, -0.25) is 9.47 Å². The van der Waals surface area contributed by atoms with Gasteiger partial charge in [0.05, 0.1) is 13.2 Å². The van der Waals surface area contributed by atoms with Crippen molar-refractivity contribution in [3.8, 4) is 0 Å². The zero-order valence-corrected chi connectivity index (χ0v) is 7.84. The van der Waals surface area contributed by atoms with Crippen LogP contribution in [0.4, 0.5) is 26.3 Å². The van der Waals surface area contributed by atoms with E-state index < -0.39 is 38.2 Å². The number of aliphatic hydroxyl groups is 1. The molecule has 2 unspecified atom stereocenters. The normalized spacial score (nSPS) is 33.0. The first kappa shape index (κ1) is 14.4. The molecule has 0 aliphatic carbocycles. The van der Waals surface area contributed by atoms with Crippen LogP contribution in [-0.4, -0.2) is 43.3 Å². The molecule has 1 aliphatic heterocycles. The van der Waals surface area contributed by atoms with Crippen LogP contribution in [0.2, 0.25) is 0 Å². The summed E-state index contributed by atoms with van der Waals surface area (Å²) in [6, 6.07) is -3.97. The van der Waals surface area contributed by atoms with Gasteiger partial charge in [-0.15, -0.1) is 22.0 Å². The maximum Gasteiger partial charge on any atom is 0.525 e. The highest BCUT2D eigenvalue weighted by Crippen LogP contribution is 2.43. The van der Waals surface area contributed by atoms with Crippen molar-refractivity contribution in [1.29, 1.82) is 0 Å². The number of aliphatic hydroxyl groups excluding tert-OH is 1. The van der Waals surface area contributed by atoms with Gasteiger partial charge >= 0.3 is 18.7 Å². The highest BCUT2D eigenvalue weighted by molar-refractivity contribution is 4.70. The van der Waals surface area contributed by atoms with Crippen LogP contribution < -0.4 is 0 Å². The smallest absolute Gasteiger partial charge is 0.394 e. The Balaban J connectivity index is 2.77. The van der Waals surface area contributed by atoms with Crippen LogP contribution in [0.25, 0.3) is 0 Å². The number of hydrogen-bond acceptors (Lipinski definition) is 5. The molecule has 11 heteroatoms. The molecule has 5 nitrogen and oxygen atoms in total. The zero-order chi connectivity index (χ0) is 13.3. The average Bonchev–Trinajstić information content (AvgIpc) is 2.31. The summed E-state index contributed by atoms with van der Waals surface area (Å²) in [7, 11) is 0. The second-order valence-electron chi connectivity index (χ2n) is 2.73. The molecule has 0 radical (unpaired) electrons. The van der Waals surface area contributed by atoms with Crippen LogP contribution in [0, 0.1) is 0 Å². The van der Waals surface area contributed by atoms with E-state index in [1.807, 2.05) is 0 Å². The van der Waals surface area contributed by atoms with Crippen LogP contribution in [0.1, 0.15) is 0 Å². The highest BCUT2D eigenvalue weighted by atomic mass is 19.4. The van der Waals surface area contributed by atoms with Crippen LogP contribution in [0.15, 0.2) is 0 Å². The van der Waals surface area contributed by atoms with Gasteiger partial charge in [-0.2, -0.15) is 4.39 Å². The van der Waals surface area contributed by atoms with Crippen molar-refractivity contribution in [2.75, 3.05) is 13.2 Å². The van der Waals surface area contributed by atoms with E-state index in [0.717, 1.165) is 0 Å². The second-order valence-corrected chi connectivity index (χ2v) is 2.73. The van der Waals surface area contributed by atoms with Crippen molar-refractivity contribution in [1.82, 2.24) is 0 Å². The van der Waals surface area contributed by atoms with Gasteiger partial charge in [0.25, 0.3) is 6.29 Å². The molecule has 0 aromatic rings. The van der Waals surface area contributed by atoms with Gasteiger partial charge in [-0.25, -0.2) is 4.74 Å². The van der Waals surface area contributed by atoms with E-state index >= 15 is 0 Å². The van der Waals surface area contributed by atoms with E-state index in [0.29, 0.717) is 0 Å². The Labute approximate surface area is 89.8 Å². The van der Waals surface area contributed by atoms with Gasteiger partial charge in [-0.1, -0.05) is 0 Å². The second kappa shape index (κ2) is 4.57. The first-order chi connectivity index (χ1) is 7.58. The predicted molar refractivity (Wildman–Crippen MR) is 34.9 cm³/mol. The van der Waals surface area contributed by atoms with E-state index in [-0.39, 0.29) is 0 Å². The predicted octanol–water partition coefficient (Wildman–Crippen LogP) is 1.08. The van der Waals surface area contributed by atoms with Gasteiger partial charge in [-0.05, 0) is 0 Å². The van der Waals surface area contributed by atoms with E-state index in [1.165, 1.54) is 0 Å². The standard InChI is InChI=1S/C6H6F6O5/c7-4(14-2-1-13)3(15-5(8,9)10)16-6(11,12)17-4/h3,13H,1-2H2. The van der Waals surface area contributed by atoms with Crippen molar-refractivity contribution < 1.29 is 50.4 Å². The molecule has 1 saturated heterocycles. The molecule has 0 amide bonds. The molecule has 2 atom stereocenters. The van der Waals surface area contributed by atoms with E-state index in [4.69, 9.17) is 5.11 Å². The number of rotatable bonds is 4. The largest absolute Gasteiger partial charge is 0.525 e.